The number of nitrogens with one attached hydrogen (secondary N) is 2. The van der Waals surface area contributed by atoms with Gasteiger partial charge in [-0.05, 0) is 50.2 Å². The van der Waals surface area contributed by atoms with Crippen LogP contribution in [0.5, 0.6) is 0 Å². The van der Waals surface area contributed by atoms with E-state index in [-0.39, 0.29) is 61.3 Å². The van der Waals surface area contributed by atoms with Crippen LogP contribution in [0.4, 0.5) is 22.0 Å². The maximum Gasteiger partial charge on any atom is 0.417 e. The zero-order chi connectivity index (χ0) is 32.0. The van der Waals surface area contributed by atoms with Crippen LogP contribution in [0.3, 0.4) is 0 Å². The van der Waals surface area contributed by atoms with Crippen LogP contribution in [0.2, 0.25) is 0 Å². The Hall–Kier alpha value is -3.02. The maximum absolute atomic E-state index is 14.0. The second-order valence-corrected chi connectivity index (χ2v) is 13.0. The highest BCUT2D eigenvalue weighted by molar-refractivity contribution is 5.94. The molecule has 2 N–H and O–H groups in total. The van der Waals surface area contributed by atoms with Crippen molar-refractivity contribution in [2.75, 3.05) is 26.2 Å². The zero-order valence-corrected chi connectivity index (χ0v) is 25.7. The summed E-state index contributed by atoms with van der Waals surface area (Å²) in [5, 5.41) is 10.5. The van der Waals surface area contributed by atoms with Gasteiger partial charge >= 0.3 is 6.18 Å². The minimum absolute atomic E-state index is 0.00948. The Bertz CT molecular complexity index is 1290. The van der Waals surface area contributed by atoms with Crippen LogP contribution < -0.4 is 10.6 Å². The molecule has 3 fully saturated rings. The number of hydrogen-bond donors (Lipinski definition) is 2. The molecule has 5 rings (SSSR count). The fraction of sp³-hybridized carbons (Fsp3) is 0.667. The molecule has 2 saturated carbocycles. The van der Waals surface area contributed by atoms with Crippen molar-refractivity contribution >= 4 is 11.8 Å². The number of benzene rings is 1. The molecule has 1 saturated heterocycles. The Labute approximate surface area is 261 Å². The van der Waals surface area contributed by atoms with E-state index in [1.165, 1.54) is 30.7 Å². The van der Waals surface area contributed by atoms with Gasteiger partial charge in [0.15, 0.2) is 5.69 Å². The van der Waals surface area contributed by atoms with Crippen molar-refractivity contribution in [2.45, 2.75) is 108 Å². The van der Waals surface area contributed by atoms with Crippen LogP contribution in [0, 0.1) is 5.92 Å². The summed E-state index contributed by atoms with van der Waals surface area (Å²) in [7, 11) is 0. The van der Waals surface area contributed by atoms with Crippen molar-refractivity contribution in [3.05, 3.63) is 41.6 Å². The molecule has 12 heteroatoms. The van der Waals surface area contributed by atoms with Gasteiger partial charge < -0.3 is 15.5 Å². The van der Waals surface area contributed by atoms with Gasteiger partial charge in [0.25, 0.3) is 11.8 Å². The number of piperidine rings is 1. The lowest BCUT2D eigenvalue weighted by Crippen LogP contribution is -2.44. The second kappa shape index (κ2) is 14.6. The molecule has 248 valence electrons. The molecular formula is C33H44F5N5O2. The van der Waals surface area contributed by atoms with Crippen molar-refractivity contribution in [1.82, 2.24) is 25.3 Å². The third-order valence-electron chi connectivity index (χ3n) is 9.61. The third kappa shape index (κ3) is 9.04. The van der Waals surface area contributed by atoms with Crippen LogP contribution in [0.25, 0.3) is 11.3 Å². The largest absolute Gasteiger partial charge is 0.417 e. The molecule has 0 spiro atoms. The molecule has 7 nitrogen and oxygen atoms in total. The average Bonchev–Trinajstić information content (AvgIpc) is 3.70. The molecule has 0 radical (unpaired) electrons. The van der Waals surface area contributed by atoms with Gasteiger partial charge in [-0.3, -0.25) is 14.3 Å². The smallest absolute Gasteiger partial charge is 0.356 e. The molecule has 1 atom stereocenters. The van der Waals surface area contributed by atoms with Crippen LogP contribution in [-0.4, -0.2) is 64.6 Å². The molecule has 0 unspecified atom stereocenters. The number of aromatic nitrogens is 2. The first kappa shape index (κ1) is 33.3. The SMILES string of the molecule is O=C(C[C@H](CCN1CCC(F)(F)CC1)NC(=O)c1cc(-c2ccccc2C(F)(F)F)n(C2CCCC2)n1)NCC1CCCCC1. The minimum Gasteiger partial charge on any atom is -0.356 e. The Morgan fingerprint density at radius 2 is 1.64 bits per heavy atom. The van der Waals surface area contributed by atoms with Crippen molar-refractivity contribution in [1.29, 1.82) is 0 Å². The summed E-state index contributed by atoms with van der Waals surface area (Å²) in [5.74, 6) is -3.02. The fourth-order valence-electron chi connectivity index (χ4n) is 6.96. The zero-order valence-electron chi connectivity index (χ0n) is 25.7. The van der Waals surface area contributed by atoms with Gasteiger partial charge in [0.05, 0.1) is 17.3 Å². The lowest BCUT2D eigenvalue weighted by Gasteiger charge is -2.32. The number of amides is 2. The molecule has 1 aromatic heterocycles. The quantitative estimate of drug-likeness (QED) is 0.261. The Balaban J connectivity index is 1.33. The van der Waals surface area contributed by atoms with Gasteiger partial charge in [-0.1, -0.05) is 50.3 Å². The van der Waals surface area contributed by atoms with Crippen molar-refractivity contribution in [3.8, 4) is 11.3 Å². The van der Waals surface area contributed by atoms with E-state index in [9.17, 15) is 31.5 Å². The highest BCUT2D eigenvalue weighted by Gasteiger charge is 2.36. The Morgan fingerprint density at radius 1 is 0.978 bits per heavy atom. The highest BCUT2D eigenvalue weighted by atomic mass is 19.4. The summed E-state index contributed by atoms with van der Waals surface area (Å²) >= 11 is 0. The lowest BCUT2D eigenvalue weighted by molar-refractivity contribution is -0.137. The Kier molecular flexibility index (Phi) is 10.8. The van der Waals surface area contributed by atoms with Crippen LogP contribution in [0.1, 0.15) is 106 Å². The van der Waals surface area contributed by atoms with Gasteiger partial charge in [-0.15, -0.1) is 0 Å². The molecule has 1 aliphatic heterocycles. The second-order valence-electron chi connectivity index (χ2n) is 13.0. The topological polar surface area (TPSA) is 79.3 Å². The molecule has 2 aliphatic carbocycles. The molecule has 45 heavy (non-hydrogen) atoms. The minimum atomic E-state index is -4.59. The molecule has 2 amide bonds. The number of nitrogens with zero attached hydrogens (tertiary/aromatic N) is 3. The van der Waals surface area contributed by atoms with Crippen molar-refractivity contribution in [3.63, 3.8) is 0 Å². The summed E-state index contributed by atoms with van der Waals surface area (Å²) in [6.45, 7) is 1.47. The molecule has 3 aliphatic rings. The van der Waals surface area contributed by atoms with Crippen molar-refractivity contribution in [2.24, 2.45) is 5.92 Å². The molecule has 2 heterocycles. The maximum atomic E-state index is 14.0. The number of likely N-dealkylation sites (tertiary alicyclic amines) is 1. The molecule has 2 aromatic rings. The van der Waals surface area contributed by atoms with Gasteiger partial charge in [0.2, 0.25) is 5.91 Å². The predicted octanol–water partition coefficient (Wildman–Crippen LogP) is 6.99. The summed E-state index contributed by atoms with van der Waals surface area (Å²) in [4.78, 5) is 28.5. The van der Waals surface area contributed by atoms with Gasteiger partial charge in [-0.2, -0.15) is 18.3 Å². The predicted molar refractivity (Wildman–Crippen MR) is 161 cm³/mol. The van der Waals surface area contributed by atoms with Gasteiger partial charge in [0, 0.05) is 57.0 Å². The monoisotopic (exact) mass is 637 g/mol. The lowest BCUT2D eigenvalue weighted by atomic mass is 9.89. The van der Waals surface area contributed by atoms with Crippen LogP contribution in [-0.2, 0) is 11.0 Å². The van der Waals surface area contributed by atoms with Crippen molar-refractivity contribution < 1.29 is 31.5 Å². The number of carbonyl (C=O) groups excluding carboxylic acids is 2. The van der Waals surface area contributed by atoms with E-state index in [2.05, 4.69) is 15.7 Å². The summed E-state index contributed by atoms with van der Waals surface area (Å²) < 4.78 is 70.9. The number of halogens is 5. The molecule has 0 bridgehead atoms. The number of rotatable bonds is 11. The highest BCUT2D eigenvalue weighted by Crippen LogP contribution is 2.40. The first-order valence-corrected chi connectivity index (χ1v) is 16.4. The summed E-state index contributed by atoms with van der Waals surface area (Å²) in [6.07, 6.45) is 4.33. The van der Waals surface area contributed by atoms with E-state index in [0.717, 1.165) is 57.4 Å². The van der Waals surface area contributed by atoms with E-state index < -0.39 is 29.6 Å². The van der Waals surface area contributed by atoms with Gasteiger partial charge in [-0.25, -0.2) is 8.78 Å². The molecule has 1 aromatic carbocycles. The Morgan fingerprint density at radius 3 is 2.33 bits per heavy atom. The van der Waals surface area contributed by atoms with E-state index in [0.29, 0.717) is 25.4 Å². The van der Waals surface area contributed by atoms with E-state index >= 15 is 0 Å². The number of hydrogen-bond acceptors (Lipinski definition) is 4. The van der Waals surface area contributed by atoms with E-state index in [4.69, 9.17) is 0 Å². The number of carbonyl (C=O) groups is 2. The fourth-order valence-corrected chi connectivity index (χ4v) is 6.96. The summed E-state index contributed by atoms with van der Waals surface area (Å²) in [5.41, 5.74) is -0.616. The summed E-state index contributed by atoms with van der Waals surface area (Å²) in [6, 6.07) is 5.98. The van der Waals surface area contributed by atoms with Crippen LogP contribution in [0.15, 0.2) is 30.3 Å². The third-order valence-corrected chi connectivity index (χ3v) is 9.61. The normalized spacial score (nSPS) is 20.6. The first-order valence-electron chi connectivity index (χ1n) is 16.4. The van der Waals surface area contributed by atoms with E-state index in [1.807, 2.05) is 4.90 Å². The van der Waals surface area contributed by atoms with Gasteiger partial charge in [0.1, 0.15) is 0 Å². The number of alkyl halides is 5. The van der Waals surface area contributed by atoms with E-state index in [1.54, 1.807) is 4.68 Å². The average molecular weight is 638 g/mol. The first-order chi connectivity index (χ1) is 21.5. The standard InChI is InChI=1S/C33H44F5N5O2/c34-32(35)15-18-42(19-16-32)17-14-24(20-30(44)39-22-23-8-2-1-3-9-23)40-31(45)28-21-29(43(41-28)25-10-4-5-11-25)26-12-6-7-13-27(26)33(36,37)38/h6-7,12-13,21,23-25H,1-5,8-11,14-20,22H2,(H,39,44)(H,40,45)/t24-/m0/s1. The molecular weight excluding hydrogens is 593 g/mol. The van der Waals surface area contributed by atoms with Crippen LogP contribution >= 0.6 is 0 Å².